The number of carboxylic acid groups (broad SMARTS) is 1. The van der Waals surface area contributed by atoms with E-state index < -0.39 is 5.97 Å². The zero-order valence-corrected chi connectivity index (χ0v) is 14.6. The SMILES string of the molecule is O=C(O)c1ccc(C(=O)N2CCN(C(=O)Cc3ccccc3Cl)CC2)o1. The first-order valence-electron chi connectivity index (χ1n) is 8.09. The molecule has 2 amide bonds. The standard InChI is InChI=1S/C18H17ClN2O5/c19-13-4-2-1-3-12(13)11-16(22)20-7-9-21(10-8-20)17(23)14-5-6-15(26-14)18(24)25/h1-6H,7-11H2,(H,24,25). The number of furan rings is 1. The van der Waals surface area contributed by atoms with Gasteiger partial charge in [0.2, 0.25) is 11.7 Å². The number of carbonyl (C=O) groups is 3. The molecule has 26 heavy (non-hydrogen) atoms. The quantitative estimate of drug-likeness (QED) is 0.882. The van der Waals surface area contributed by atoms with Gasteiger partial charge in [0.15, 0.2) is 5.76 Å². The number of carboxylic acids is 1. The second-order valence-corrected chi connectivity index (χ2v) is 6.32. The normalized spacial score (nSPS) is 14.3. The smallest absolute Gasteiger partial charge is 0.371 e. The molecule has 136 valence electrons. The molecular weight excluding hydrogens is 360 g/mol. The molecule has 0 radical (unpaired) electrons. The van der Waals surface area contributed by atoms with E-state index in [4.69, 9.17) is 21.1 Å². The van der Waals surface area contributed by atoms with Crippen molar-refractivity contribution in [2.75, 3.05) is 26.2 Å². The second-order valence-electron chi connectivity index (χ2n) is 5.91. The van der Waals surface area contributed by atoms with Crippen molar-refractivity contribution in [1.82, 2.24) is 9.80 Å². The molecule has 0 aliphatic carbocycles. The van der Waals surface area contributed by atoms with Crippen LogP contribution in [0.5, 0.6) is 0 Å². The summed E-state index contributed by atoms with van der Waals surface area (Å²) < 4.78 is 5.04. The molecule has 0 spiro atoms. The highest BCUT2D eigenvalue weighted by Crippen LogP contribution is 2.17. The van der Waals surface area contributed by atoms with E-state index in [0.717, 1.165) is 5.56 Å². The molecule has 1 N–H and O–H groups in total. The van der Waals surface area contributed by atoms with Gasteiger partial charge in [0.05, 0.1) is 6.42 Å². The summed E-state index contributed by atoms with van der Waals surface area (Å²) in [4.78, 5) is 38.9. The molecule has 1 aromatic heterocycles. The van der Waals surface area contributed by atoms with Crippen LogP contribution in [-0.2, 0) is 11.2 Å². The highest BCUT2D eigenvalue weighted by molar-refractivity contribution is 6.31. The lowest BCUT2D eigenvalue weighted by Crippen LogP contribution is -2.50. The predicted molar refractivity (Wildman–Crippen MR) is 93.3 cm³/mol. The van der Waals surface area contributed by atoms with Crippen LogP contribution in [0.1, 0.15) is 26.7 Å². The fraction of sp³-hybridized carbons (Fsp3) is 0.278. The zero-order chi connectivity index (χ0) is 18.7. The highest BCUT2D eigenvalue weighted by Gasteiger charge is 2.27. The molecule has 2 heterocycles. The van der Waals surface area contributed by atoms with Gasteiger partial charge in [-0.2, -0.15) is 0 Å². The molecule has 1 aliphatic heterocycles. The maximum atomic E-state index is 12.4. The molecule has 0 atom stereocenters. The number of hydrogen-bond donors (Lipinski definition) is 1. The van der Waals surface area contributed by atoms with Gasteiger partial charge in [-0.3, -0.25) is 9.59 Å². The van der Waals surface area contributed by atoms with Crippen LogP contribution >= 0.6 is 11.6 Å². The van der Waals surface area contributed by atoms with E-state index in [1.807, 2.05) is 18.2 Å². The van der Waals surface area contributed by atoms with Crippen LogP contribution in [0, 0.1) is 0 Å². The van der Waals surface area contributed by atoms with Crippen LogP contribution in [0.25, 0.3) is 0 Å². The molecule has 0 bridgehead atoms. The van der Waals surface area contributed by atoms with Gasteiger partial charge in [0.1, 0.15) is 0 Å². The Hall–Kier alpha value is -2.80. The first kappa shape index (κ1) is 18.0. The Balaban J connectivity index is 1.56. The molecule has 7 nitrogen and oxygen atoms in total. The Kier molecular flexibility index (Phi) is 5.27. The van der Waals surface area contributed by atoms with Gasteiger partial charge in [-0.05, 0) is 23.8 Å². The molecule has 1 saturated heterocycles. The van der Waals surface area contributed by atoms with Gasteiger partial charge >= 0.3 is 5.97 Å². The average molecular weight is 377 g/mol. The fourth-order valence-electron chi connectivity index (χ4n) is 2.80. The van der Waals surface area contributed by atoms with Crippen LogP contribution in [0.15, 0.2) is 40.8 Å². The predicted octanol–water partition coefficient (Wildman–Crippen LogP) is 2.16. The summed E-state index contributed by atoms with van der Waals surface area (Å²) in [6.45, 7) is 1.52. The van der Waals surface area contributed by atoms with Gasteiger partial charge < -0.3 is 19.3 Å². The maximum Gasteiger partial charge on any atom is 0.371 e. The number of carbonyl (C=O) groups excluding carboxylic acids is 2. The van der Waals surface area contributed by atoms with Crippen LogP contribution in [0.2, 0.25) is 5.02 Å². The van der Waals surface area contributed by atoms with Gasteiger partial charge in [-0.15, -0.1) is 0 Å². The lowest BCUT2D eigenvalue weighted by Gasteiger charge is -2.34. The fourth-order valence-corrected chi connectivity index (χ4v) is 3.00. The Morgan fingerprint density at radius 3 is 2.19 bits per heavy atom. The van der Waals surface area contributed by atoms with Crippen LogP contribution < -0.4 is 0 Å². The maximum absolute atomic E-state index is 12.4. The minimum Gasteiger partial charge on any atom is -0.475 e. The monoisotopic (exact) mass is 376 g/mol. The van der Waals surface area contributed by atoms with E-state index in [-0.39, 0.29) is 29.8 Å². The summed E-state index contributed by atoms with van der Waals surface area (Å²) in [6, 6.07) is 9.80. The Morgan fingerprint density at radius 1 is 0.962 bits per heavy atom. The number of rotatable bonds is 4. The summed E-state index contributed by atoms with van der Waals surface area (Å²) in [5.74, 6) is -1.94. The van der Waals surface area contributed by atoms with Crippen molar-refractivity contribution < 1.29 is 23.9 Å². The summed E-state index contributed by atoms with van der Waals surface area (Å²) in [7, 11) is 0. The van der Waals surface area contributed by atoms with Gasteiger partial charge in [-0.1, -0.05) is 29.8 Å². The van der Waals surface area contributed by atoms with Crippen molar-refractivity contribution in [1.29, 1.82) is 0 Å². The second kappa shape index (κ2) is 7.61. The average Bonchev–Trinajstić information content (AvgIpc) is 3.13. The zero-order valence-electron chi connectivity index (χ0n) is 13.9. The molecule has 1 fully saturated rings. The minimum atomic E-state index is -1.22. The van der Waals surface area contributed by atoms with E-state index in [1.165, 1.54) is 12.1 Å². The first-order chi connectivity index (χ1) is 12.5. The van der Waals surface area contributed by atoms with E-state index in [9.17, 15) is 14.4 Å². The molecule has 3 rings (SSSR count). The van der Waals surface area contributed by atoms with Crippen molar-refractivity contribution in [3.05, 3.63) is 58.5 Å². The van der Waals surface area contributed by atoms with E-state index in [1.54, 1.807) is 15.9 Å². The third-order valence-corrected chi connectivity index (χ3v) is 4.62. The number of aromatic carboxylic acids is 1. The number of piperazine rings is 1. The topological polar surface area (TPSA) is 91.1 Å². The Labute approximate surface area is 154 Å². The van der Waals surface area contributed by atoms with Crippen molar-refractivity contribution in [3.63, 3.8) is 0 Å². The van der Waals surface area contributed by atoms with Crippen molar-refractivity contribution in [2.24, 2.45) is 0 Å². The third kappa shape index (κ3) is 3.88. The largest absolute Gasteiger partial charge is 0.475 e. The van der Waals surface area contributed by atoms with Crippen LogP contribution in [0.4, 0.5) is 0 Å². The van der Waals surface area contributed by atoms with E-state index >= 15 is 0 Å². The molecule has 0 saturated carbocycles. The Bertz CT molecular complexity index is 840. The van der Waals surface area contributed by atoms with E-state index in [0.29, 0.717) is 31.2 Å². The van der Waals surface area contributed by atoms with Gasteiger partial charge in [0.25, 0.3) is 5.91 Å². The van der Waals surface area contributed by atoms with Crippen LogP contribution in [-0.4, -0.2) is 58.9 Å². The number of amides is 2. The molecular formula is C18H17ClN2O5. The van der Waals surface area contributed by atoms with Gasteiger partial charge in [-0.25, -0.2) is 4.79 Å². The molecule has 1 aliphatic rings. The molecule has 1 aromatic carbocycles. The van der Waals surface area contributed by atoms with Crippen molar-refractivity contribution in [2.45, 2.75) is 6.42 Å². The first-order valence-corrected chi connectivity index (χ1v) is 8.47. The summed E-state index contributed by atoms with van der Waals surface area (Å²) in [5, 5.41) is 9.41. The summed E-state index contributed by atoms with van der Waals surface area (Å²) in [5.41, 5.74) is 0.773. The number of halogens is 1. The van der Waals surface area contributed by atoms with Crippen LogP contribution in [0.3, 0.4) is 0 Å². The molecule has 2 aromatic rings. The minimum absolute atomic E-state index is 0.0155. The highest BCUT2D eigenvalue weighted by atomic mass is 35.5. The van der Waals surface area contributed by atoms with Gasteiger partial charge in [0, 0.05) is 31.2 Å². The van der Waals surface area contributed by atoms with Crippen molar-refractivity contribution in [3.8, 4) is 0 Å². The lowest BCUT2D eigenvalue weighted by molar-refractivity contribution is -0.131. The summed E-state index contributed by atoms with van der Waals surface area (Å²) in [6.07, 6.45) is 0.216. The molecule has 8 heteroatoms. The summed E-state index contributed by atoms with van der Waals surface area (Å²) >= 11 is 6.09. The number of nitrogens with zero attached hydrogens (tertiary/aromatic N) is 2. The van der Waals surface area contributed by atoms with Crippen molar-refractivity contribution >= 4 is 29.4 Å². The Morgan fingerprint density at radius 2 is 1.58 bits per heavy atom. The van der Waals surface area contributed by atoms with E-state index in [2.05, 4.69) is 0 Å². The molecule has 0 unspecified atom stereocenters. The third-order valence-electron chi connectivity index (χ3n) is 4.25. The lowest BCUT2D eigenvalue weighted by atomic mass is 10.1. The number of benzene rings is 1. The number of hydrogen-bond acceptors (Lipinski definition) is 4.